The van der Waals surface area contributed by atoms with Gasteiger partial charge in [-0.25, -0.2) is 8.42 Å². The van der Waals surface area contributed by atoms with Crippen LogP contribution < -0.4 is 5.32 Å². The third-order valence-corrected chi connectivity index (χ3v) is 4.89. The van der Waals surface area contributed by atoms with Crippen molar-refractivity contribution in [2.45, 2.75) is 13.3 Å². The summed E-state index contributed by atoms with van der Waals surface area (Å²) < 4.78 is 22.5. The molecule has 6 heteroatoms. The molecule has 1 N–H and O–H groups in total. The highest BCUT2D eigenvalue weighted by atomic mass is 32.2. The van der Waals surface area contributed by atoms with Crippen LogP contribution in [0.25, 0.3) is 0 Å². The molecule has 18 heavy (non-hydrogen) atoms. The summed E-state index contributed by atoms with van der Waals surface area (Å²) >= 11 is 0. The third kappa shape index (κ3) is 3.29. The molecule has 0 bridgehead atoms. The maximum absolute atomic E-state index is 11.8. The monoisotopic (exact) mass is 268 g/mol. The number of amides is 1. The van der Waals surface area contributed by atoms with Crippen LogP contribution in [0.3, 0.4) is 0 Å². The van der Waals surface area contributed by atoms with E-state index in [0.717, 1.165) is 5.69 Å². The lowest BCUT2D eigenvalue weighted by atomic mass is 10.1. The highest BCUT2D eigenvalue weighted by Crippen LogP contribution is 2.17. The summed E-state index contributed by atoms with van der Waals surface area (Å²) in [5, 5.41) is 2.75. The number of hydrogen-bond acceptors (Lipinski definition) is 4. The van der Waals surface area contributed by atoms with Crippen LogP contribution >= 0.6 is 0 Å². The summed E-state index contributed by atoms with van der Waals surface area (Å²) in [5.74, 6) is 0.253. The lowest BCUT2D eigenvalue weighted by Crippen LogP contribution is -2.29. The molecule has 1 aromatic rings. The van der Waals surface area contributed by atoms with Crippen LogP contribution in [0.1, 0.15) is 22.5 Å². The molecular formula is C12H16N2O3S. The molecule has 0 spiro atoms. The van der Waals surface area contributed by atoms with Gasteiger partial charge in [-0.1, -0.05) is 0 Å². The molecule has 1 atom stereocenters. The van der Waals surface area contributed by atoms with Crippen molar-refractivity contribution < 1.29 is 13.2 Å². The molecule has 5 nitrogen and oxygen atoms in total. The lowest BCUT2D eigenvalue weighted by molar-refractivity contribution is 0.0948. The van der Waals surface area contributed by atoms with E-state index in [9.17, 15) is 13.2 Å². The van der Waals surface area contributed by atoms with Gasteiger partial charge in [0.2, 0.25) is 0 Å². The van der Waals surface area contributed by atoms with Gasteiger partial charge >= 0.3 is 0 Å². The first kappa shape index (κ1) is 13.0. The fraction of sp³-hybridized carbons (Fsp3) is 0.500. The van der Waals surface area contributed by atoms with Crippen molar-refractivity contribution in [2.24, 2.45) is 5.92 Å². The third-order valence-electron chi connectivity index (χ3n) is 3.05. The van der Waals surface area contributed by atoms with E-state index >= 15 is 0 Å². The zero-order valence-electron chi connectivity index (χ0n) is 10.2. The van der Waals surface area contributed by atoms with E-state index in [1.165, 1.54) is 6.20 Å². The van der Waals surface area contributed by atoms with Crippen LogP contribution in [0.5, 0.6) is 0 Å². The Morgan fingerprint density at radius 3 is 2.83 bits per heavy atom. The van der Waals surface area contributed by atoms with E-state index in [1.807, 2.05) is 6.92 Å². The van der Waals surface area contributed by atoms with Crippen molar-refractivity contribution in [1.82, 2.24) is 10.3 Å². The van der Waals surface area contributed by atoms with Crippen LogP contribution in [-0.4, -0.2) is 37.4 Å². The standard InChI is InChI=1S/C12H16N2O3S/c1-9-2-3-11(7-13-9)12(15)14-6-10-4-5-18(16,17)8-10/h2-3,7,10H,4-6,8H2,1H3,(H,14,15). The highest BCUT2D eigenvalue weighted by molar-refractivity contribution is 7.91. The van der Waals surface area contributed by atoms with Crippen LogP contribution in [0, 0.1) is 12.8 Å². The Labute approximate surface area is 107 Å². The largest absolute Gasteiger partial charge is 0.352 e. The number of hydrogen-bond donors (Lipinski definition) is 1. The summed E-state index contributed by atoms with van der Waals surface area (Å²) in [6.07, 6.45) is 2.16. The summed E-state index contributed by atoms with van der Waals surface area (Å²) in [6.45, 7) is 2.26. The van der Waals surface area contributed by atoms with Crippen molar-refractivity contribution >= 4 is 15.7 Å². The number of aryl methyl sites for hydroxylation is 1. The Kier molecular flexibility index (Phi) is 3.65. The lowest BCUT2D eigenvalue weighted by Gasteiger charge is -2.09. The van der Waals surface area contributed by atoms with Gasteiger partial charge < -0.3 is 5.32 Å². The minimum absolute atomic E-state index is 0.0392. The predicted molar refractivity (Wildman–Crippen MR) is 68.1 cm³/mol. The number of pyridine rings is 1. The van der Waals surface area contributed by atoms with Crippen LogP contribution in [0.15, 0.2) is 18.3 Å². The summed E-state index contributed by atoms with van der Waals surface area (Å²) in [4.78, 5) is 15.8. The van der Waals surface area contributed by atoms with Crippen LogP contribution in [0.4, 0.5) is 0 Å². The molecule has 1 saturated heterocycles. The summed E-state index contributed by atoms with van der Waals surface area (Å²) in [5.41, 5.74) is 1.36. The molecule has 0 aromatic carbocycles. The number of nitrogens with zero attached hydrogens (tertiary/aromatic N) is 1. The molecule has 1 aromatic heterocycles. The second-order valence-corrected chi connectivity index (χ2v) is 6.90. The van der Waals surface area contributed by atoms with Crippen molar-refractivity contribution in [2.75, 3.05) is 18.1 Å². The van der Waals surface area contributed by atoms with Crippen molar-refractivity contribution in [3.05, 3.63) is 29.6 Å². The van der Waals surface area contributed by atoms with Gasteiger partial charge in [0.05, 0.1) is 17.1 Å². The fourth-order valence-corrected chi connectivity index (χ4v) is 3.84. The molecule has 2 rings (SSSR count). The van der Waals surface area contributed by atoms with Gasteiger partial charge in [0.25, 0.3) is 5.91 Å². The highest BCUT2D eigenvalue weighted by Gasteiger charge is 2.27. The van der Waals surface area contributed by atoms with E-state index in [0.29, 0.717) is 18.5 Å². The molecule has 1 amide bonds. The van der Waals surface area contributed by atoms with Gasteiger partial charge in [-0.3, -0.25) is 9.78 Å². The first-order chi connectivity index (χ1) is 8.46. The minimum atomic E-state index is -2.88. The normalized spacial score (nSPS) is 21.7. The second-order valence-electron chi connectivity index (χ2n) is 4.67. The SMILES string of the molecule is Cc1ccc(C(=O)NCC2CCS(=O)(=O)C2)cn1. The number of carbonyl (C=O) groups excluding carboxylic acids is 1. The first-order valence-corrected chi connectivity index (χ1v) is 7.70. The Bertz CT molecular complexity index is 537. The predicted octanol–water partition coefficient (Wildman–Crippen LogP) is 0.555. The molecule has 0 aliphatic carbocycles. The fourth-order valence-electron chi connectivity index (χ4n) is 1.97. The van der Waals surface area contributed by atoms with E-state index in [1.54, 1.807) is 12.1 Å². The number of nitrogens with one attached hydrogen (secondary N) is 1. The van der Waals surface area contributed by atoms with E-state index in [-0.39, 0.29) is 23.3 Å². The Hall–Kier alpha value is -1.43. The maximum Gasteiger partial charge on any atom is 0.252 e. The number of sulfone groups is 1. The van der Waals surface area contributed by atoms with Gasteiger partial charge in [-0.2, -0.15) is 0 Å². The van der Waals surface area contributed by atoms with E-state index in [4.69, 9.17) is 0 Å². The molecular weight excluding hydrogens is 252 g/mol. The average Bonchev–Trinajstić information content (AvgIpc) is 2.67. The quantitative estimate of drug-likeness (QED) is 0.868. The van der Waals surface area contributed by atoms with Crippen molar-refractivity contribution in [1.29, 1.82) is 0 Å². The summed E-state index contributed by atoms with van der Waals surface area (Å²) in [7, 11) is -2.88. The van der Waals surface area contributed by atoms with Crippen molar-refractivity contribution in [3.8, 4) is 0 Å². The number of rotatable bonds is 3. The maximum atomic E-state index is 11.8. The average molecular weight is 268 g/mol. The van der Waals surface area contributed by atoms with Gasteiger partial charge in [-0.15, -0.1) is 0 Å². The first-order valence-electron chi connectivity index (χ1n) is 5.87. The second kappa shape index (κ2) is 5.06. The molecule has 1 aliphatic heterocycles. The molecule has 1 aliphatic rings. The van der Waals surface area contributed by atoms with Gasteiger partial charge in [-0.05, 0) is 31.4 Å². The van der Waals surface area contributed by atoms with Crippen LogP contribution in [0.2, 0.25) is 0 Å². The molecule has 0 radical (unpaired) electrons. The molecule has 1 fully saturated rings. The van der Waals surface area contributed by atoms with Crippen LogP contribution in [-0.2, 0) is 9.84 Å². The molecule has 2 heterocycles. The Morgan fingerprint density at radius 1 is 1.50 bits per heavy atom. The van der Waals surface area contributed by atoms with Gasteiger partial charge in [0.1, 0.15) is 0 Å². The van der Waals surface area contributed by atoms with E-state index in [2.05, 4.69) is 10.3 Å². The number of carbonyl (C=O) groups is 1. The minimum Gasteiger partial charge on any atom is -0.352 e. The van der Waals surface area contributed by atoms with Gasteiger partial charge in [0.15, 0.2) is 9.84 Å². The smallest absolute Gasteiger partial charge is 0.252 e. The Morgan fingerprint density at radius 2 is 2.28 bits per heavy atom. The topological polar surface area (TPSA) is 76.1 Å². The molecule has 98 valence electrons. The van der Waals surface area contributed by atoms with E-state index < -0.39 is 9.84 Å². The van der Waals surface area contributed by atoms with Crippen molar-refractivity contribution in [3.63, 3.8) is 0 Å². The Balaban J connectivity index is 1.87. The zero-order chi connectivity index (χ0) is 13.2. The molecule has 1 unspecified atom stereocenters. The summed E-state index contributed by atoms with van der Waals surface area (Å²) in [6, 6.07) is 3.48. The molecule has 0 saturated carbocycles. The van der Waals surface area contributed by atoms with Gasteiger partial charge in [0, 0.05) is 18.4 Å². The number of aromatic nitrogens is 1. The zero-order valence-corrected chi connectivity index (χ0v) is 11.0.